The zero-order valence-electron chi connectivity index (χ0n) is 21.3. The maximum Gasteiger partial charge on any atom is 0.103 e. The summed E-state index contributed by atoms with van der Waals surface area (Å²) in [6.45, 7) is 15.1. The van der Waals surface area contributed by atoms with E-state index in [1.54, 1.807) is 0 Å². The van der Waals surface area contributed by atoms with Crippen LogP contribution in [0.2, 0.25) is 0 Å². The SMILES string of the molecule is CC[C@H](CC[C@@H](C)[C@H]1CC[C@H]2[C@@H]3CC4OC45CC(O)CC[C@]5(C)[C@H]3CC[C@]12C)C(C)C. The van der Waals surface area contributed by atoms with E-state index in [0.29, 0.717) is 16.9 Å². The Kier molecular flexibility index (Phi) is 5.66. The minimum absolute atomic E-state index is 0.0386. The second kappa shape index (κ2) is 7.72. The van der Waals surface area contributed by atoms with Gasteiger partial charge in [0, 0.05) is 11.8 Å². The molecule has 5 fully saturated rings. The number of ether oxygens (including phenoxy) is 1. The molecule has 1 N–H and O–H groups in total. The van der Waals surface area contributed by atoms with E-state index in [-0.39, 0.29) is 11.7 Å². The molecule has 0 bridgehead atoms. The van der Waals surface area contributed by atoms with Gasteiger partial charge in [-0.3, -0.25) is 0 Å². The lowest BCUT2D eigenvalue weighted by Crippen LogP contribution is -2.58. The highest BCUT2D eigenvalue weighted by Gasteiger charge is 2.76. The van der Waals surface area contributed by atoms with E-state index in [4.69, 9.17) is 4.74 Å². The van der Waals surface area contributed by atoms with Crippen LogP contribution in [-0.4, -0.2) is 22.9 Å². The zero-order chi connectivity index (χ0) is 22.2. The largest absolute Gasteiger partial charge is 0.393 e. The Hall–Kier alpha value is -0.0800. The second-order valence-corrected chi connectivity index (χ2v) is 13.6. The van der Waals surface area contributed by atoms with Crippen molar-refractivity contribution < 1.29 is 9.84 Å². The molecule has 0 radical (unpaired) electrons. The van der Waals surface area contributed by atoms with Crippen LogP contribution in [0.1, 0.15) is 112 Å². The summed E-state index contributed by atoms with van der Waals surface area (Å²) in [6.07, 6.45) is 14.7. The number of epoxide rings is 1. The van der Waals surface area contributed by atoms with Gasteiger partial charge in [-0.1, -0.05) is 54.4 Å². The predicted octanol–water partition coefficient (Wildman–Crippen LogP) is 7.24. The molecule has 31 heavy (non-hydrogen) atoms. The van der Waals surface area contributed by atoms with E-state index in [0.717, 1.165) is 54.3 Å². The Morgan fingerprint density at radius 2 is 1.74 bits per heavy atom. The molecule has 1 aliphatic heterocycles. The highest BCUT2D eigenvalue weighted by molar-refractivity contribution is 5.24. The molecule has 5 rings (SSSR count). The third-order valence-corrected chi connectivity index (χ3v) is 12.3. The normalized spacial score (nSPS) is 52.6. The number of fused-ring (bicyclic) bond motifs is 4. The van der Waals surface area contributed by atoms with Gasteiger partial charge in [-0.15, -0.1) is 0 Å². The summed E-state index contributed by atoms with van der Waals surface area (Å²) in [5.41, 5.74) is 0.910. The molecule has 2 heteroatoms. The highest BCUT2D eigenvalue weighted by Crippen LogP contribution is 2.74. The summed E-state index contributed by atoms with van der Waals surface area (Å²) >= 11 is 0. The van der Waals surface area contributed by atoms with Crippen molar-refractivity contribution in [1.82, 2.24) is 0 Å². The molecule has 5 aliphatic rings. The van der Waals surface area contributed by atoms with Gasteiger partial charge in [0.1, 0.15) is 5.60 Å². The smallest absolute Gasteiger partial charge is 0.103 e. The average molecular weight is 431 g/mol. The molecule has 0 amide bonds. The topological polar surface area (TPSA) is 32.8 Å². The fraction of sp³-hybridized carbons (Fsp3) is 1.00. The highest BCUT2D eigenvalue weighted by atomic mass is 16.6. The first-order valence-corrected chi connectivity index (χ1v) is 14.0. The van der Waals surface area contributed by atoms with Gasteiger partial charge < -0.3 is 9.84 Å². The fourth-order valence-corrected chi connectivity index (χ4v) is 10.3. The van der Waals surface area contributed by atoms with E-state index in [9.17, 15) is 5.11 Å². The van der Waals surface area contributed by atoms with Crippen molar-refractivity contribution in [2.45, 2.75) is 130 Å². The van der Waals surface area contributed by atoms with Gasteiger partial charge in [0.15, 0.2) is 0 Å². The molecule has 1 spiro atoms. The Balaban J connectivity index is 1.31. The monoisotopic (exact) mass is 430 g/mol. The van der Waals surface area contributed by atoms with E-state index in [1.807, 2.05) is 0 Å². The molecular weight excluding hydrogens is 380 g/mol. The maximum atomic E-state index is 10.4. The number of hydrogen-bond donors (Lipinski definition) is 1. The van der Waals surface area contributed by atoms with Crippen LogP contribution >= 0.6 is 0 Å². The van der Waals surface area contributed by atoms with Crippen molar-refractivity contribution in [1.29, 1.82) is 0 Å². The molecule has 11 atom stereocenters. The number of hydrogen-bond acceptors (Lipinski definition) is 2. The first-order chi connectivity index (χ1) is 14.7. The third-order valence-electron chi connectivity index (χ3n) is 12.3. The quantitative estimate of drug-likeness (QED) is 0.451. The van der Waals surface area contributed by atoms with E-state index in [2.05, 4.69) is 41.5 Å². The molecule has 1 heterocycles. The fourth-order valence-electron chi connectivity index (χ4n) is 10.3. The minimum Gasteiger partial charge on any atom is -0.393 e. The van der Waals surface area contributed by atoms with E-state index >= 15 is 0 Å². The summed E-state index contributed by atoms with van der Waals surface area (Å²) in [5, 5.41) is 10.4. The van der Waals surface area contributed by atoms with Crippen molar-refractivity contribution in [3.63, 3.8) is 0 Å². The molecule has 3 unspecified atom stereocenters. The molecule has 0 aromatic heterocycles. The Labute approximate surface area is 192 Å². The van der Waals surface area contributed by atoms with Crippen LogP contribution in [0.15, 0.2) is 0 Å². The van der Waals surface area contributed by atoms with Crippen LogP contribution < -0.4 is 0 Å². The van der Waals surface area contributed by atoms with Gasteiger partial charge in [0.2, 0.25) is 0 Å². The summed E-state index contributed by atoms with van der Waals surface area (Å²) in [5.74, 6) is 6.15. The molecule has 2 nitrogen and oxygen atoms in total. The number of aliphatic hydroxyl groups excluding tert-OH is 1. The Morgan fingerprint density at radius 3 is 2.45 bits per heavy atom. The van der Waals surface area contributed by atoms with Crippen molar-refractivity contribution in [3.05, 3.63) is 0 Å². The second-order valence-electron chi connectivity index (χ2n) is 13.6. The molecule has 4 saturated carbocycles. The predicted molar refractivity (Wildman–Crippen MR) is 128 cm³/mol. The maximum absolute atomic E-state index is 10.4. The molecule has 4 aliphatic carbocycles. The summed E-state index contributed by atoms with van der Waals surface area (Å²) in [4.78, 5) is 0. The van der Waals surface area contributed by atoms with Crippen molar-refractivity contribution in [3.8, 4) is 0 Å². The van der Waals surface area contributed by atoms with Crippen LogP contribution in [0.25, 0.3) is 0 Å². The van der Waals surface area contributed by atoms with Crippen molar-refractivity contribution in [2.24, 2.45) is 52.3 Å². The lowest BCUT2D eigenvalue weighted by atomic mass is 9.44. The third kappa shape index (κ3) is 3.23. The summed E-state index contributed by atoms with van der Waals surface area (Å²) < 4.78 is 6.53. The van der Waals surface area contributed by atoms with Gasteiger partial charge in [-0.2, -0.15) is 0 Å². The van der Waals surface area contributed by atoms with Crippen molar-refractivity contribution >= 4 is 0 Å². The standard InChI is InChI=1S/C29H50O2/c1-7-20(18(2)3)9-8-19(4)23-10-11-24-22-16-26-29(31-26)17-21(30)12-15-28(29,6)25(22)13-14-27(23,24)5/h18-26,30H,7-17H2,1-6H3/t19-,20-,21?,22+,23-,24+,25+,26?,27-,28-,29?/m1/s1. The number of rotatable bonds is 6. The van der Waals surface area contributed by atoms with Gasteiger partial charge in [0.05, 0.1) is 12.2 Å². The summed E-state index contributed by atoms with van der Waals surface area (Å²) in [7, 11) is 0. The molecule has 0 aromatic carbocycles. The van der Waals surface area contributed by atoms with Crippen LogP contribution in [-0.2, 0) is 4.74 Å². The minimum atomic E-state index is -0.127. The van der Waals surface area contributed by atoms with Gasteiger partial charge in [-0.25, -0.2) is 0 Å². The lowest BCUT2D eigenvalue weighted by Gasteiger charge is -2.59. The molecule has 0 aromatic rings. The van der Waals surface area contributed by atoms with Crippen LogP contribution in [0.3, 0.4) is 0 Å². The van der Waals surface area contributed by atoms with E-state index < -0.39 is 0 Å². The van der Waals surface area contributed by atoms with Gasteiger partial charge in [-0.05, 0) is 98.2 Å². The van der Waals surface area contributed by atoms with Crippen LogP contribution in [0.5, 0.6) is 0 Å². The molecule has 178 valence electrons. The number of aliphatic hydroxyl groups is 1. The zero-order valence-corrected chi connectivity index (χ0v) is 21.3. The Morgan fingerprint density at radius 1 is 0.968 bits per heavy atom. The first-order valence-electron chi connectivity index (χ1n) is 14.0. The summed E-state index contributed by atoms with van der Waals surface area (Å²) in [6, 6.07) is 0. The molecular formula is C29H50O2. The lowest BCUT2D eigenvalue weighted by molar-refractivity contribution is -0.116. The van der Waals surface area contributed by atoms with Gasteiger partial charge >= 0.3 is 0 Å². The van der Waals surface area contributed by atoms with Crippen molar-refractivity contribution in [2.75, 3.05) is 0 Å². The van der Waals surface area contributed by atoms with Crippen LogP contribution in [0.4, 0.5) is 0 Å². The average Bonchev–Trinajstić information content (AvgIpc) is 3.29. The Bertz CT molecular complexity index is 674. The first kappa shape index (κ1) is 22.7. The van der Waals surface area contributed by atoms with E-state index in [1.165, 1.54) is 57.8 Å². The molecule has 1 saturated heterocycles. The van der Waals surface area contributed by atoms with Gasteiger partial charge in [0.25, 0.3) is 0 Å². The van der Waals surface area contributed by atoms with Crippen LogP contribution in [0, 0.1) is 52.3 Å².